The molecule has 2 aromatic carbocycles. The normalized spacial score (nSPS) is 19.2. The fourth-order valence-electron chi connectivity index (χ4n) is 5.49. The van der Waals surface area contributed by atoms with Gasteiger partial charge >= 0.3 is 6.11 Å². The van der Waals surface area contributed by atoms with Crippen molar-refractivity contribution in [1.82, 2.24) is 0 Å². The van der Waals surface area contributed by atoms with Crippen molar-refractivity contribution in [2.24, 2.45) is 5.92 Å². The highest BCUT2D eigenvalue weighted by atomic mass is 19.3. The van der Waals surface area contributed by atoms with Crippen molar-refractivity contribution in [3.63, 3.8) is 0 Å². The Morgan fingerprint density at radius 1 is 0.865 bits per heavy atom. The van der Waals surface area contributed by atoms with Crippen molar-refractivity contribution in [2.45, 2.75) is 116 Å². The zero-order chi connectivity index (χ0) is 27.0. The van der Waals surface area contributed by atoms with Crippen LogP contribution in [0.3, 0.4) is 0 Å². The molecule has 0 spiro atoms. The van der Waals surface area contributed by atoms with Crippen molar-refractivity contribution in [3.05, 3.63) is 70.0 Å². The Bertz CT molecular complexity index is 997. The van der Waals surface area contributed by atoms with Gasteiger partial charge < -0.3 is 4.74 Å². The third-order valence-electron chi connectivity index (χ3n) is 7.85. The van der Waals surface area contributed by atoms with E-state index in [1.807, 2.05) is 0 Å². The van der Waals surface area contributed by atoms with E-state index in [1.54, 1.807) is 12.1 Å². The Morgan fingerprint density at radius 2 is 1.54 bits per heavy atom. The SMILES string of the molecule is CCCCCc1ccc(C(C)OC(F)(F)c2ccc(C3CCC(CCCCC)CC3)c(F)c2F)cc1F. The van der Waals surface area contributed by atoms with Gasteiger partial charge in [0.05, 0.1) is 11.7 Å². The van der Waals surface area contributed by atoms with Gasteiger partial charge in [0.15, 0.2) is 11.6 Å². The smallest absolute Gasteiger partial charge is 0.309 e. The summed E-state index contributed by atoms with van der Waals surface area (Å²) in [6, 6.07) is 6.52. The third-order valence-corrected chi connectivity index (χ3v) is 7.85. The van der Waals surface area contributed by atoms with Gasteiger partial charge in [0.2, 0.25) is 0 Å². The molecule has 0 amide bonds. The van der Waals surface area contributed by atoms with Crippen LogP contribution in [0.25, 0.3) is 0 Å². The van der Waals surface area contributed by atoms with E-state index in [-0.39, 0.29) is 17.0 Å². The number of halogens is 5. The minimum atomic E-state index is -4.07. The summed E-state index contributed by atoms with van der Waals surface area (Å²) in [6.07, 6.45) is 6.19. The summed E-state index contributed by atoms with van der Waals surface area (Å²) >= 11 is 0. The molecule has 6 heteroatoms. The first kappa shape index (κ1) is 29.6. The van der Waals surface area contributed by atoms with Gasteiger partial charge in [0.25, 0.3) is 0 Å². The summed E-state index contributed by atoms with van der Waals surface area (Å²) in [7, 11) is 0. The predicted octanol–water partition coefficient (Wildman–Crippen LogP) is 10.5. The lowest BCUT2D eigenvalue weighted by molar-refractivity contribution is -0.273. The second kappa shape index (κ2) is 13.7. The summed E-state index contributed by atoms with van der Waals surface area (Å²) in [5.41, 5.74) is -0.234. The Balaban J connectivity index is 1.66. The topological polar surface area (TPSA) is 9.23 Å². The molecule has 1 nitrogen and oxygen atoms in total. The van der Waals surface area contributed by atoms with Crippen molar-refractivity contribution in [3.8, 4) is 0 Å². The van der Waals surface area contributed by atoms with Gasteiger partial charge in [-0.2, -0.15) is 8.78 Å². The van der Waals surface area contributed by atoms with Crippen LogP contribution in [0.2, 0.25) is 0 Å². The van der Waals surface area contributed by atoms with Gasteiger partial charge in [0.1, 0.15) is 5.82 Å². The second-order valence-electron chi connectivity index (χ2n) is 10.6. The molecule has 37 heavy (non-hydrogen) atoms. The summed E-state index contributed by atoms with van der Waals surface area (Å²) in [6.45, 7) is 5.57. The van der Waals surface area contributed by atoms with E-state index >= 15 is 0 Å². The van der Waals surface area contributed by atoms with Gasteiger partial charge in [-0.1, -0.05) is 70.6 Å². The van der Waals surface area contributed by atoms with Crippen LogP contribution in [0.1, 0.15) is 126 Å². The summed E-state index contributed by atoms with van der Waals surface area (Å²) in [4.78, 5) is 0. The molecule has 1 unspecified atom stereocenters. The molecule has 0 N–H and O–H groups in total. The molecular weight excluding hydrogens is 483 g/mol. The van der Waals surface area contributed by atoms with E-state index < -0.39 is 35.2 Å². The Hall–Kier alpha value is -1.95. The standard InChI is InChI=1S/C31H41F5O/c1-4-6-8-10-22-12-14-23(15-13-22)26-18-19-27(30(34)29(26)33)31(35,36)37-21(3)25-17-16-24(28(32)20-25)11-9-7-5-2/h16-23H,4-15H2,1-3H3. The van der Waals surface area contributed by atoms with Crippen molar-refractivity contribution < 1.29 is 26.7 Å². The number of rotatable bonds is 13. The predicted molar refractivity (Wildman–Crippen MR) is 138 cm³/mol. The van der Waals surface area contributed by atoms with E-state index in [0.717, 1.165) is 57.4 Å². The Kier molecular flexibility index (Phi) is 11.0. The van der Waals surface area contributed by atoms with Gasteiger partial charge in [-0.25, -0.2) is 13.2 Å². The maximum absolute atomic E-state index is 15.0. The molecule has 1 atom stereocenters. The van der Waals surface area contributed by atoms with Gasteiger partial charge in [-0.05, 0) is 86.1 Å². The first-order chi connectivity index (χ1) is 17.7. The Morgan fingerprint density at radius 3 is 2.19 bits per heavy atom. The highest BCUT2D eigenvalue weighted by molar-refractivity contribution is 5.31. The highest BCUT2D eigenvalue weighted by Crippen LogP contribution is 2.42. The molecule has 0 radical (unpaired) electrons. The third kappa shape index (κ3) is 7.78. The van der Waals surface area contributed by atoms with E-state index in [2.05, 4.69) is 13.8 Å². The van der Waals surface area contributed by atoms with Crippen LogP contribution < -0.4 is 0 Å². The molecule has 206 valence electrons. The number of benzene rings is 2. The first-order valence-corrected chi connectivity index (χ1v) is 14.0. The number of ether oxygens (including phenoxy) is 1. The average molecular weight is 525 g/mol. The number of unbranched alkanes of at least 4 members (excludes halogenated alkanes) is 4. The van der Waals surface area contributed by atoms with Crippen LogP contribution in [0.5, 0.6) is 0 Å². The zero-order valence-corrected chi connectivity index (χ0v) is 22.4. The molecule has 3 rings (SSSR count). The lowest BCUT2D eigenvalue weighted by Gasteiger charge is -2.29. The van der Waals surface area contributed by atoms with Crippen LogP contribution in [-0.4, -0.2) is 0 Å². The van der Waals surface area contributed by atoms with Gasteiger partial charge in [0, 0.05) is 0 Å². The van der Waals surface area contributed by atoms with E-state index in [0.29, 0.717) is 17.9 Å². The second-order valence-corrected chi connectivity index (χ2v) is 10.6. The Labute approximate surface area is 218 Å². The number of hydrogen-bond acceptors (Lipinski definition) is 1. The molecule has 1 aliphatic carbocycles. The maximum Gasteiger partial charge on any atom is 0.386 e. The largest absolute Gasteiger partial charge is 0.386 e. The first-order valence-electron chi connectivity index (χ1n) is 14.0. The quantitative estimate of drug-likeness (QED) is 0.187. The number of aryl methyl sites for hydroxylation is 1. The van der Waals surface area contributed by atoms with Crippen LogP contribution in [0.4, 0.5) is 22.0 Å². The monoisotopic (exact) mass is 524 g/mol. The minimum absolute atomic E-state index is 0.165. The average Bonchev–Trinajstić information content (AvgIpc) is 2.87. The van der Waals surface area contributed by atoms with Crippen LogP contribution >= 0.6 is 0 Å². The number of alkyl halides is 2. The summed E-state index contributed by atoms with van der Waals surface area (Å²) in [5, 5.41) is 0. The lowest BCUT2D eigenvalue weighted by Crippen LogP contribution is -2.23. The van der Waals surface area contributed by atoms with Crippen LogP contribution in [0, 0.1) is 23.4 Å². The molecule has 1 fully saturated rings. The molecule has 1 aliphatic rings. The van der Waals surface area contributed by atoms with Crippen molar-refractivity contribution in [2.75, 3.05) is 0 Å². The molecule has 0 heterocycles. The molecule has 1 saturated carbocycles. The zero-order valence-electron chi connectivity index (χ0n) is 22.4. The molecule has 2 aromatic rings. The number of hydrogen-bond donors (Lipinski definition) is 0. The van der Waals surface area contributed by atoms with E-state index in [9.17, 15) is 22.0 Å². The molecule has 0 bridgehead atoms. The van der Waals surface area contributed by atoms with E-state index in [4.69, 9.17) is 4.74 Å². The molecule has 0 aromatic heterocycles. The summed E-state index contributed by atoms with van der Waals surface area (Å²) < 4.78 is 79.2. The lowest BCUT2D eigenvalue weighted by atomic mass is 9.76. The van der Waals surface area contributed by atoms with Crippen LogP contribution in [0.15, 0.2) is 30.3 Å². The highest BCUT2D eigenvalue weighted by Gasteiger charge is 2.40. The van der Waals surface area contributed by atoms with Crippen molar-refractivity contribution >= 4 is 0 Å². The molecule has 0 saturated heterocycles. The van der Waals surface area contributed by atoms with Crippen LogP contribution in [-0.2, 0) is 17.3 Å². The summed E-state index contributed by atoms with van der Waals surface area (Å²) in [5.74, 6) is -2.83. The van der Waals surface area contributed by atoms with Crippen molar-refractivity contribution in [1.29, 1.82) is 0 Å². The molecule has 0 aliphatic heterocycles. The van der Waals surface area contributed by atoms with E-state index in [1.165, 1.54) is 38.3 Å². The fourth-order valence-corrected chi connectivity index (χ4v) is 5.49. The van der Waals surface area contributed by atoms with Gasteiger partial charge in [-0.15, -0.1) is 0 Å². The maximum atomic E-state index is 15.0. The fraction of sp³-hybridized carbons (Fsp3) is 0.613. The molecular formula is C31H41F5O. The van der Waals surface area contributed by atoms with Gasteiger partial charge in [-0.3, -0.25) is 0 Å². The minimum Gasteiger partial charge on any atom is -0.309 e.